The zero-order valence-electron chi connectivity index (χ0n) is 16.5. The number of carbonyl (C=O) groups excluding carboxylic acids is 2. The van der Waals surface area contributed by atoms with Crippen molar-refractivity contribution < 1.29 is 14.0 Å². The van der Waals surface area contributed by atoms with Crippen LogP contribution >= 0.6 is 0 Å². The molecule has 7 nitrogen and oxygen atoms in total. The van der Waals surface area contributed by atoms with Gasteiger partial charge in [0, 0.05) is 30.7 Å². The Labute approximate surface area is 172 Å². The number of amides is 2. The number of pyridine rings is 2. The lowest BCUT2D eigenvalue weighted by Crippen LogP contribution is -2.33. The van der Waals surface area contributed by atoms with Crippen molar-refractivity contribution in [2.75, 3.05) is 18.4 Å². The summed E-state index contributed by atoms with van der Waals surface area (Å²) in [5.41, 5.74) is 1.12. The number of benzene rings is 1. The zero-order chi connectivity index (χ0) is 21.3. The number of nitrogens with one attached hydrogen (secondary N) is 1. The molecule has 0 atom stereocenters. The molecule has 3 heterocycles. The third-order valence-electron chi connectivity index (χ3n) is 5.13. The predicted molar refractivity (Wildman–Crippen MR) is 111 cm³/mol. The summed E-state index contributed by atoms with van der Waals surface area (Å²) >= 11 is 0. The largest absolute Gasteiger partial charge is 0.338 e. The van der Waals surface area contributed by atoms with Gasteiger partial charge in [-0.05, 0) is 56.2 Å². The van der Waals surface area contributed by atoms with Crippen molar-refractivity contribution >= 4 is 28.5 Å². The van der Waals surface area contributed by atoms with E-state index in [1.54, 1.807) is 24.0 Å². The van der Waals surface area contributed by atoms with Crippen molar-refractivity contribution in [2.45, 2.75) is 26.3 Å². The van der Waals surface area contributed by atoms with Crippen LogP contribution in [0.15, 0.2) is 47.4 Å². The van der Waals surface area contributed by atoms with Gasteiger partial charge in [0.05, 0.1) is 5.39 Å². The van der Waals surface area contributed by atoms with Gasteiger partial charge in [0.2, 0.25) is 11.3 Å². The van der Waals surface area contributed by atoms with Gasteiger partial charge in [0.15, 0.2) is 0 Å². The second-order valence-corrected chi connectivity index (χ2v) is 7.38. The first kappa shape index (κ1) is 19.8. The quantitative estimate of drug-likeness (QED) is 0.720. The maximum Gasteiger partial charge on any atom is 0.259 e. The number of nitrogens with zero attached hydrogens (tertiary/aromatic N) is 3. The number of rotatable bonds is 4. The summed E-state index contributed by atoms with van der Waals surface area (Å²) in [4.78, 5) is 44.5. The van der Waals surface area contributed by atoms with E-state index in [2.05, 4.69) is 10.3 Å². The molecule has 1 saturated heterocycles. The lowest BCUT2D eigenvalue weighted by Gasteiger charge is -2.17. The lowest BCUT2D eigenvalue weighted by molar-refractivity contribution is -0.116. The number of likely N-dealkylation sites (tertiary alicyclic amines) is 1. The van der Waals surface area contributed by atoms with E-state index >= 15 is 0 Å². The number of aromatic nitrogens is 2. The van der Waals surface area contributed by atoms with Gasteiger partial charge in [-0.15, -0.1) is 0 Å². The Hall–Kier alpha value is -3.55. The number of hydrogen-bond donors (Lipinski definition) is 1. The summed E-state index contributed by atoms with van der Waals surface area (Å²) in [6.07, 6.45) is 3.24. The van der Waals surface area contributed by atoms with Gasteiger partial charge in [-0.1, -0.05) is 0 Å². The average molecular weight is 408 g/mol. The molecule has 154 valence electrons. The van der Waals surface area contributed by atoms with Gasteiger partial charge >= 0.3 is 0 Å². The normalized spacial score (nSPS) is 13.6. The second kappa shape index (κ2) is 8.06. The molecule has 1 aliphatic heterocycles. The highest BCUT2D eigenvalue weighted by Gasteiger charge is 2.24. The van der Waals surface area contributed by atoms with Crippen LogP contribution in [-0.4, -0.2) is 39.4 Å². The highest BCUT2D eigenvalue weighted by atomic mass is 19.1. The van der Waals surface area contributed by atoms with Gasteiger partial charge in [-0.25, -0.2) is 9.37 Å². The van der Waals surface area contributed by atoms with Crippen molar-refractivity contribution in [3.8, 4) is 0 Å². The van der Waals surface area contributed by atoms with E-state index in [4.69, 9.17) is 0 Å². The molecule has 4 rings (SSSR count). The molecule has 1 N–H and O–H groups in total. The molecule has 8 heteroatoms. The Kier molecular flexibility index (Phi) is 5.31. The van der Waals surface area contributed by atoms with Gasteiger partial charge < -0.3 is 14.8 Å². The number of aryl methyl sites for hydroxylation is 1. The van der Waals surface area contributed by atoms with Crippen LogP contribution in [0, 0.1) is 12.7 Å². The standard InChI is InChI=1S/C22H21FN4O3/c1-14-4-9-17-20(29)18(22(30)26-10-2-3-11-26)12-27(21(17)24-14)13-19(28)25-16-7-5-15(23)6-8-16/h4-9,12H,2-3,10-11,13H2,1H3,(H,25,28). The van der Waals surface area contributed by atoms with Gasteiger partial charge in [-0.2, -0.15) is 0 Å². The molecule has 2 amide bonds. The van der Waals surface area contributed by atoms with E-state index in [0.717, 1.165) is 12.8 Å². The van der Waals surface area contributed by atoms with Crippen molar-refractivity contribution in [3.63, 3.8) is 0 Å². The summed E-state index contributed by atoms with van der Waals surface area (Å²) in [6.45, 7) is 2.88. The van der Waals surface area contributed by atoms with E-state index in [1.165, 1.54) is 35.0 Å². The summed E-state index contributed by atoms with van der Waals surface area (Å²) in [6, 6.07) is 8.76. The predicted octanol–water partition coefficient (Wildman–Crippen LogP) is 2.72. The Morgan fingerprint density at radius 2 is 1.80 bits per heavy atom. The van der Waals surface area contributed by atoms with Gasteiger partial charge in [0.1, 0.15) is 23.6 Å². The van der Waals surface area contributed by atoms with Gasteiger partial charge in [0.25, 0.3) is 5.91 Å². The van der Waals surface area contributed by atoms with Crippen molar-refractivity contribution in [1.29, 1.82) is 0 Å². The van der Waals surface area contributed by atoms with E-state index in [-0.39, 0.29) is 29.4 Å². The van der Waals surface area contributed by atoms with Crippen LogP contribution in [-0.2, 0) is 11.3 Å². The van der Waals surface area contributed by atoms with Crippen molar-refractivity contribution in [1.82, 2.24) is 14.5 Å². The fourth-order valence-electron chi connectivity index (χ4n) is 3.61. The smallest absolute Gasteiger partial charge is 0.259 e. The number of halogens is 1. The Morgan fingerprint density at radius 3 is 2.50 bits per heavy atom. The van der Waals surface area contributed by atoms with Crippen LogP contribution in [0.5, 0.6) is 0 Å². The Balaban J connectivity index is 1.71. The summed E-state index contributed by atoms with van der Waals surface area (Å²) in [5.74, 6) is -1.11. The van der Waals surface area contributed by atoms with Crippen molar-refractivity contribution in [2.24, 2.45) is 0 Å². The molecule has 0 saturated carbocycles. The number of fused-ring (bicyclic) bond motifs is 1. The van der Waals surface area contributed by atoms with Gasteiger partial charge in [-0.3, -0.25) is 14.4 Å². The number of hydrogen-bond acceptors (Lipinski definition) is 4. The first-order valence-corrected chi connectivity index (χ1v) is 9.78. The molecular formula is C22H21FN4O3. The molecule has 30 heavy (non-hydrogen) atoms. The molecule has 2 aromatic heterocycles. The molecule has 1 fully saturated rings. The number of anilines is 1. The fourth-order valence-corrected chi connectivity index (χ4v) is 3.61. The second-order valence-electron chi connectivity index (χ2n) is 7.38. The molecule has 0 spiro atoms. The minimum atomic E-state index is -0.399. The minimum Gasteiger partial charge on any atom is -0.338 e. The lowest BCUT2D eigenvalue weighted by atomic mass is 10.1. The third-order valence-corrected chi connectivity index (χ3v) is 5.13. The van der Waals surface area contributed by atoms with Crippen LogP contribution in [0.25, 0.3) is 11.0 Å². The van der Waals surface area contributed by atoms with Crippen LogP contribution in [0.3, 0.4) is 0 Å². The van der Waals surface area contributed by atoms with E-state index < -0.39 is 5.82 Å². The van der Waals surface area contributed by atoms with E-state index in [1.807, 2.05) is 0 Å². The summed E-state index contributed by atoms with van der Waals surface area (Å²) in [5, 5.41) is 2.98. The highest BCUT2D eigenvalue weighted by Crippen LogP contribution is 2.16. The summed E-state index contributed by atoms with van der Waals surface area (Å²) < 4.78 is 14.6. The van der Waals surface area contributed by atoms with E-state index in [9.17, 15) is 18.8 Å². The van der Waals surface area contributed by atoms with Crippen LogP contribution in [0.4, 0.5) is 10.1 Å². The maximum atomic E-state index is 13.1. The summed E-state index contributed by atoms with van der Waals surface area (Å²) in [7, 11) is 0. The zero-order valence-corrected chi connectivity index (χ0v) is 16.5. The minimum absolute atomic E-state index is 0.0321. The van der Waals surface area contributed by atoms with Crippen LogP contribution < -0.4 is 10.7 Å². The molecule has 0 radical (unpaired) electrons. The first-order valence-electron chi connectivity index (χ1n) is 9.78. The molecule has 1 aromatic carbocycles. The molecule has 0 unspecified atom stereocenters. The maximum absolute atomic E-state index is 13.1. The van der Waals surface area contributed by atoms with E-state index in [0.29, 0.717) is 35.5 Å². The third kappa shape index (κ3) is 3.94. The monoisotopic (exact) mass is 408 g/mol. The molecule has 0 bridgehead atoms. The Morgan fingerprint density at radius 1 is 1.10 bits per heavy atom. The van der Waals surface area contributed by atoms with Crippen LogP contribution in [0.1, 0.15) is 28.9 Å². The fraction of sp³-hybridized carbons (Fsp3) is 0.273. The number of carbonyl (C=O) groups is 2. The molecule has 0 aliphatic carbocycles. The first-order chi connectivity index (χ1) is 14.4. The molecule has 1 aliphatic rings. The SMILES string of the molecule is Cc1ccc2c(=O)c(C(=O)N3CCCC3)cn(CC(=O)Nc3ccc(F)cc3)c2n1. The average Bonchev–Trinajstić information content (AvgIpc) is 3.26. The van der Waals surface area contributed by atoms with Crippen molar-refractivity contribution in [3.05, 3.63) is 69.9 Å². The topological polar surface area (TPSA) is 84.3 Å². The molecular weight excluding hydrogens is 387 g/mol. The Bertz CT molecular complexity index is 1180. The highest BCUT2D eigenvalue weighted by molar-refractivity contribution is 5.97. The van der Waals surface area contributed by atoms with Crippen LogP contribution in [0.2, 0.25) is 0 Å². The molecule has 3 aromatic rings.